The molecule has 17 heavy (non-hydrogen) atoms. The summed E-state index contributed by atoms with van der Waals surface area (Å²) in [6.07, 6.45) is 5.23. The van der Waals surface area contributed by atoms with Crippen LogP contribution in [0.5, 0.6) is 0 Å². The molecule has 0 saturated heterocycles. The summed E-state index contributed by atoms with van der Waals surface area (Å²) in [5.41, 5.74) is 2.46. The molecule has 2 heterocycles. The lowest BCUT2D eigenvalue weighted by Crippen LogP contribution is -2.10. The van der Waals surface area contributed by atoms with Crippen LogP contribution in [0.25, 0.3) is 0 Å². The molecule has 2 nitrogen and oxygen atoms in total. The van der Waals surface area contributed by atoms with Gasteiger partial charge in [-0.25, -0.2) is 0 Å². The molecule has 88 valence electrons. The second-order valence-electron chi connectivity index (χ2n) is 4.43. The van der Waals surface area contributed by atoms with Crippen LogP contribution in [-0.4, -0.2) is 14.9 Å². The van der Waals surface area contributed by atoms with E-state index >= 15 is 0 Å². The van der Waals surface area contributed by atoms with Crippen LogP contribution in [0.2, 0.25) is 0 Å². The molecule has 1 aromatic heterocycles. The minimum Gasteiger partial charge on any atom is -0.392 e. The lowest BCUT2D eigenvalue weighted by molar-refractivity contribution is 0.281. The molecule has 0 radical (unpaired) electrons. The van der Waals surface area contributed by atoms with Crippen molar-refractivity contribution in [3.05, 3.63) is 53.9 Å². The van der Waals surface area contributed by atoms with E-state index < -0.39 is 0 Å². The Morgan fingerprint density at radius 3 is 2.94 bits per heavy atom. The van der Waals surface area contributed by atoms with Crippen molar-refractivity contribution in [2.45, 2.75) is 29.7 Å². The summed E-state index contributed by atoms with van der Waals surface area (Å²) in [5.74, 6) is 0. The molecule has 1 aromatic carbocycles. The maximum Gasteiger partial charge on any atom is 0.0696 e. The standard InChI is InChI=1S/C14H15NOS/c16-10-11-5-6-15(8-11)9-13-7-12-3-1-2-4-14(12)17-13/h1-6,8,13,16H,7,9-10H2. The van der Waals surface area contributed by atoms with Gasteiger partial charge in [-0.3, -0.25) is 0 Å². The van der Waals surface area contributed by atoms with E-state index in [2.05, 4.69) is 35.0 Å². The number of aromatic nitrogens is 1. The number of nitrogens with zero attached hydrogens (tertiary/aromatic N) is 1. The maximum atomic E-state index is 9.04. The van der Waals surface area contributed by atoms with Crippen molar-refractivity contribution in [1.82, 2.24) is 4.57 Å². The molecule has 1 atom stereocenters. The Labute approximate surface area is 105 Å². The first-order chi connectivity index (χ1) is 8.35. The summed E-state index contributed by atoms with van der Waals surface area (Å²) in [4.78, 5) is 1.42. The predicted molar refractivity (Wildman–Crippen MR) is 70.1 cm³/mol. The summed E-state index contributed by atoms with van der Waals surface area (Å²) in [6.45, 7) is 1.14. The van der Waals surface area contributed by atoms with Crippen molar-refractivity contribution in [2.24, 2.45) is 0 Å². The quantitative estimate of drug-likeness (QED) is 0.899. The number of aliphatic hydroxyl groups is 1. The maximum absolute atomic E-state index is 9.04. The molecular formula is C14H15NOS. The van der Waals surface area contributed by atoms with Gasteiger partial charge >= 0.3 is 0 Å². The number of aliphatic hydroxyl groups excluding tert-OH is 1. The minimum atomic E-state index is 0.130. The molecule has 0 spiro atoms. The fraction of sp³-hybridized carbons (Fsp3) is 0.286. The van der Waals surface area contributed by atoms with E-state index in [0.29, 0.717) is 5.25 Å². The van der Waals surface area contributed by atoms with Gasteiger partial charge in [0.15, 0.2) is 0 Å². The SMILES string of the molecule is OCc1ccn(CC2Cc3ccccc3S2)c1. The number of fused-ring (bicyclic) bond motifs is 1. The van der Waals surface area contributed by atoms with E-state index in [0.717, 1.165) is 18.5 Å². The van der Waals surface area contributed by atoms with Gasteiger partial charge in [-0.1, -0.05) is 18.2 Å². The van der Waals surface area contributed by atoms with E-state index in [1.54, 1.807) is 0 Å². The predicted octanol–water partition coefficient (Wildman–Crippen LogP) is 2.70. The molecule has 0 bridgehead atoms. The summed E-state index contributed by atoms with van der Waals surface area (Å²) >= 11 is 1.96. The highest BCUT2D eigenvalue weighted by molar-refractivity contribution is 8.00. The Morgan fingerprint density at radius 2 is 2.18 bits per heavy atom. The third-order valence-corrected chi connectivity index (χ3v) is 4.42. The van der Waals surface area contributed by atoms with Crippen LogP contribution in [0.3, 0.4) is 0 Å². The van der Waals surface area contributed by atoms with Gasteiger partial charge in [0.2, 0.25) is 0 Å². The molecule has 3 rings (SSSR count). The average Bonchev–Trinajstić information content (AvgIpc) is 2.94. The lowest BCUT2D eigenvalue weighted by atomic mass is 10.1. The van der Waals surface area contributed by atoms with Crippen molar-refractivity contribution in [3.63, 3.8) is 0 Å². The van der Waals surface area contributed by atoms with E-state index in [4.69, 9.17) is 5.11 Å². The van der Waals surface area contributed by atoms with Crippen LogP contribution < -0.4 is 0 Å². The zero-order valence-electron chi connectivity index (χ0n) is 9.54. The Morgan fingerprint density at radius 1 is 1.29 bits per heavy atom. The first-order valence-electron chi connectivity index (χ1n) is 5.85. The Hall–Kier alpha value is -1.19. The number of hydrogen-bond donors (Lipinski definition) is 1. The van der Waals surface area contributed by atoms with Crippen molar-refractivity contribution in [2.75, 3.05) is 0 Å². The van der Waals surface area contributed by atoms with E-state index in [-0.39, 0.29) is 6.61 Å². The highest BCUT2D eigenvalue weighted by Crippen LogP contribution is 2.37. The summed E-state index contributed by atoms with van der Waals surface area (Å²) < 4.78 is 2.18. The average molecular weight is 245 g/mol. The fourth-order valence-corrected chi connectivity index (χ4v) is 3.62. The highest BCUT2D eigenvalue weighted by atomic mass is 32.2. The van der Waals surface area contributed by atoms with Crippen LogP contribution >= 0.6 is 11.8 Å². The van der Waals surface area contributed by atoms with Gasteiger partial charge in [-0.15, -0.1) is 11.8 Å². The van der Waals surface area contributed by atoms with Crippen LogP contribution in [0, 0.1) is 0 Å². The molecule has 0 amide bonds. The van der Waals surface area contributed by atoms with Gasteiger partial charge in [0.05, 0.1) is 6.61 Å². The first kappa shape index (κ1) is 10.9. The normalized spacial score (nSPS) is 18.3. The molecule has 1 aliphatic heterocycles. The van der Waals surface area contributed by atoms with Gasteiger partial charge < -0.3 is 9.67 Å². The third-order valence-electron chi connectivity index (χ3n) is 3.12. The number of hydrogen-bond acceptors (Lipinski definition) is 2. The summed E-state index contributed by atoms with van der Waals surface area (Å²) in [7, 11) is 0. The van der Waals surface area contributed by atoms with Crippen LogP contribution in [0.1, 0.15) is 11.1 Å². The van der Waals surface area contributed by atoms with Gasteiger partial charge in [0.1, 0.15) is 0 Å². The monoisotopic (exact) mass is 245 g/mol. The molecule has 3 heteroatoms. The van der Waals surface area contributed by atoms with Crippen molar-refractivity contribution in [3.8, 4) is 0 Å². The summed E-state index contributed by atoms with van der Waals surface area (Å²) in [6, 6.07) is 10.6. The molecule has 0 fully saturated rings. The second-order valence-corrected chi connectivity index (χ2v) is 5.77. The van der Waals surface area contributed by atoms with Gasteiger partial charge in [-0.2, -0.15) is 0 Å². The fourth-order valence-electron chi connectivity index (χ4n) is 2.29. The van der Waals surface area contributed by atoms with Crippen molar-refractivity contribution >= 4 is 11.8 Å². The molecule has 2 aromatic rings. The number of benzene rings is 1. The Bertz CT molecular complexity index is 495. The van der Waals surface area contributed by atoms with Gasteiger partial charge in [-0.05, 0) is 29.7 Å². The molecule has 1 unspecified atom stereocenters. The zero-order chi connectivity index (χ0) is 11.7. The molecule has 1 N–H and O–H groups in total. The number of rotatable bonds is 3. The summed E-state index contributed by atoms with van der Waals surface area (Å²) in [5, 5.41) is 9.65. The third kappa shape index (κ3) is 2.26. The molecular weight excluding hydrogens is 230 g/mol. The minimum absolute atomic E-state index is 0.130. The smallest absolute Gasteiger partial charge is 0.0696 e. The van der Waals surface area contributed by atoms with Crippen LogP contribution in [-0.2, 0) is 19.6 Å². The molecule has 0 aliphatic carbocycles. The van der Waals surface area contributed by atoms with Crippen molar-refractivity contribution in [1.29, 1.82) is 0 Å². The van der Waals surface area contributed by atoms with E-state index in [9.17, 15) is 0 Å². The number of thioether (sulfide) groups is 1. The van der Waals surface area contributed by atoms with Crippen molar-refractivity contribution < 1.29 is 5.11 Å². The first-order valence-corrected chi connectivity index (χ1v) is 6.73. The van der Waals surface area contributed by atoms with Crippen LogP contribution in [0.4, 0.5) is 0 Å². The Balaban J connectivity index is 1.69. The second kappa shape index (κ2) is 4.59. The highest BCUT2D eigenvalue weighted by Gasteiger charge is 2.21. The largest absolute Gasteiger partial charge is 0.392 e. The Kier molecular flexibility index (Phi) is 2.95. The lowest BCUT2D eigenvalue weighted by Gasteiger charge is -2.09. The van der Waals surface area contributed by atoms with Crippen LogP contribution in [0.15, 0.2) is 47.6 Å². The van der Waals surface area contributed by atoms with Gasteiger partial charge in [0, 0.05) is 29.1 Å². The molecule has 0 saturated carbocycles. The van der Waals surface area contributed by atoms with E-state index in [1.165, 1.54) is 10.5 Å². The molecule has 1 aliphatic rings. The topological polar surface area (TPSA) is 25.2 Å². The zero-order valence-corrected chi connectivity index (χ0v) is 10.4. The van der Waals surface area contributed by atoms with E-state index in [1.807, 2.05) is 24.0 Å². The van der Waals surface area contributed by atoms with Gasteiger partial charge in [0.25, 0.3) is 0 Å².